The summed E-state index contributed by atoms with van der Waals surface area (Å²) in [5, 5.41) is 11.7. The van der Waals surface area contributed by atoms with E-state index in [2.05, 4.69) is 17.4 Å². The van der Waals surface area contributed by atoms with Crippen molar-refractivity contribution in [3.8, 4) is 0 Å². The Kier molecular flexibility index (Phi) is 5.57. The van der Waals surface area contributed by atoms with Crippen LogP contribution in [0.15, 0.2) is 30.3 Å². The smallest absolute Gasteiger partial charge is 0.220 e. The van der Waals surface area contributed by atoms with Crippen LogP contribution in [0.2, 0.25) is 0 Å². The highest BCUT2D eigenvalue weighted by Crippen LogP contribution is 2.04. The van der Waals surface area contributed by atoms with Gasteiger partial charge < -0.3 is 10.4 Å². The molecule has 1 aromatic carbocycles. The first-order valence-electron chi connectivity index (χ1n) is 5.67. The van der Waals surface area contributed by atoms with E-state index >= 15 is 0 Å². The maximum Gasteiger partial charge on any atom is 0.220 e. The van der Waals surface area contributed by atoms with E-state index in [-0.39, 0.29) is 5.91 Å². The number of aliphatic hydroxyl groups excluding tert-OH is 1. The number of carbonyl (C=O) groups excluding carboxylic acids is 1. The molecule has 0 saturated heterocycles. The molecular formula is C13H19NO2. The standard InChI is InChI=1S/C13H19NO2/c1-11(15)10-14-13(16)9-5-8-12-6-3-2-4-7-12/h2-4,6-7,11,15H,5,8-10H2,1H3,(H,14,16). The van der Waals surface area contributed by atoms with Crippen LogP contribution in [0.1, 0.15) is 25.3 Å². The molecule has 3 nitrogen and oxygen atoms in total. The fourth-order valence-corrected chi connectivity index (χ4v) is 1.45. The number of carbonyl (C=O) groups is 1. The third-order valence-electron chi connectivity index (χ3n) is 2.31. The summed E-state index contributed by atoms with van der Waals surface area (Å²) in [4.78, 5) is 11.3. The van der Waals surface area contributed by atoms with Crippen LogP contribution in [-0.2, 0) is 11.2 Å². The van der Waals surface area contributed by atoms with Crippen molar-refractivity contribution in [2.75, 3.05) is 6.54 Å². The molecule has 1 amide bonds. The van der Waals surface area contributed by atoms with Crippen molar-refractivity contribution in [3.63, 3.8) is 0 Å². The number of rotatable bonds is 6. The molecular weight excluding hydrogens is 202 g/mol. The molecule has 1 aromatic rings. The van der Waals surface area contributed by atoms with Gasteiger partial charge in [0.2, 0.25) is 5.91 Å². The molecule has 2 N–H and O–H groups in total. The Bertz CT molecular complexity index is 309. The Morgan fingerprint density at radius 2 is 2.06 bits per heavy atom. The van der Waals surface area contributed by atoms with Crippen LogP contribution in [0, 0.1) is 0 Å². The highest BCUT2D eigenvalue weighted by molar-refractivity contribution is 5.75. The van der Waals surface area contributed by atoms with E-state index in [1.807, 2.05) is 18.2 Å². The predicted molar refractivity (Wildman–Crippen MR) is 64.1 cm³/mol. The molecule has 0 radical (unpaired) electrons. The van der Waals surface area contributed by atoms with Gasteiger partial charge in [-0.05, 0) is 25.3 Å². The summed E-state index contributed by atoms with van der Waals surface area (Å²) in [6.07, 6.45) is 1.80. The molecule has 0 aliphatic rings. The molecule has 0 spiro atoms. The van der Waals surface area contributed by atoms with E-state index in [0.717, 1.165) is 12.8 Å². The van der Waals surface area contributed by atoms with Crippen LogP contribution in [0.25, 0.3) is 0 Å². The van der Waals surface area contributed by atoms with Crippen LogP contribution in [0.5, 0.6) is 0 Å². The summed E-state index contributed by atoms with van der Waals surface area (Å²) in [6.45, 7) is 1.99. The Labute approximate surface area is 96.5 Å². The number of nitrogens with one attached hydrogen (secondary N) is 1. The monoisotopic (exact) mass is 221 g/mol. The average Bonchev–Trinajstić information content (AvgIpc) is 2.28. The van der Waals surface area contributed by atoms with Crippen molar-refractivity contribution in [1.82, 2.24) is 5.32 Å². The van der Waals surface area contributed by atoms with Crippen LogP contribution in [-0.4, -0.2) is 23.7 Å². The normalized spacial score (nSPS) is 12.1. The molecule has 0 heterocycles. The maximum absolute atomic E-state index is 11.3. The van der Waals surface area contributed by atoms with E-state index in [1.54, 1.807) is 6.92 Å². The van der Waals surface area contributed by atoms with E-state index in [1.165, 1.54) is 5.56 Å². The van der Waals surface area contributed by atoms with Crippen molar-refractivity contribution in [2.24, 2.45) is 0 Å². The van der Waals surface area contributed by atoms with Gasteiger partial charge in [0.15, 0.2) is 0 Å². The van der Waals surface area contributed by atoms with Gasteiger partial charge in [-0.2, -0.15) is 0 Å². The summed E-state index contributed by atoms with van der Waals surface area (Å²) in [7, 11) is 0. The molecule has 3 heteroatoms. The quantitative estimate of drug-likeness (QED) is 0.765. The van der Waals surface area contributed by atoms with E-state index in [9.17, 15) is 4.79 Å². The molecule has 0 bridgehead atoms. The van der Waals surface area contributed by atoms with Gasteiger partial charge in [-0.25, -0.2) is 0 Å². The summed E-state index contributed by atoms with van der Waals surface area (Å²) in [5.41, 5.74) is 1.26. The zero-order valence-electron chi connectivity index (χ0n) is 9.65. The molecule has 1 unspecified atom stereocenters. The van der Waals surface area contributed by atoms with Crippen LogP contribution in [0.3, 0.4) is 0 Å². The summed E-state index contributed by atoms with van der Waals surface area (Å²) in [5.74, 6) is 0.0110. The second-order valence-corrected chi connectivity index (χ2v) is 3.99. The molecule has 0 aromatic heterocycles. The second-order valence-electron chi connectivity index (χ2n) is 3.99. The lowest BCUT2D eigenvalue weighted by molar-refractivity contribution is -0.121. The fraction of sp³-hybridized carbons (Fsp3) is 0.462. The lowest BCUT2D eigenvalue weighted by Gasteiger charge is -2.06. The summed E-state index contributed by atoms with van der Waals surface area (Å²) in [6, 6.07) is 10.1. The molecule has 88 valence electrons. The molecule has 0 fully saturated rings. The number of aliphatic hydroxyl groups is 1. The fourth-order valence-electron chi connectivity index (χ4n) is 1.45. The summed E-state index contributed by atoms with van der Waals surface area (Å²) >= 11 is 0. The Morgan fingerprint density at radius 1 is 1.38 bits per heavy atom. The predicted octanol–water partition coefficient (Wildman–Crippen LogP) is 1.51. The SMILES string of the molecule is CC(O)CNC(=O)CCCc1ccccc1. The number of amides is 1. The lowest BCUT2D eigenvalue weighted by Crippen LogP contribution is -2.30. The highest BCUT2D eigenvalue weighted by Gasteiger charge is 2.02. The van der Waals surface area contributed by atoms with Crippen molar-refractivity contribution in [1.29, 1.82) is 0 Å². The molecule has 0 aliphatic carbocycles. The molecule has 1 atom stereocenters. The Balaban J connectivity index is 2.13. The van der Waals surface area contributed by atoms with E-state index in [4.69, 9.17) is 5.11 Å². The van der Waals surface area contributed by atoms with Crippen LogP contribution in [0.4, 0.5) is 0 Å². The van der Waals surface area contributed by atoms with Gasteiger partial charge in [-0.15, -0.1) is 0 Å². The number of aryl methyl sites for hydroxylation is 1. The third kappa shape index (κ3) is 5.51. The molecule has 16 heavy (non-hydrogen) atoms. The first-order chi connectivity index (χ1) is 7.68. The first-order valence-corrected chi connectivity index (χ1v) is 5.67. The van der Waals surface area contributed by atoms with Crippen LogP contribution < -0.4 is 5.32 Å². The van der Waals surface area contributed by atoms with Gasteiger partial charge in [0.05, 0.1) is 6.10 Å². The average molecular weight is 221 g/mol. The number of benzene rings is 1. The minimum absolute atomic E-state index is 0.0110. The molecule has 0 saturated carbocycles. The van der Waals surface area contributed by atoms with Gasteiger partial charge in [-0.3, -0.25) is 4.79 Å². The van der Waals surface area contributed by atoms with Crippen molar-refractivity contribution < 1.29 is 9.90 Å². The van der Waals surface area contributed by atoms with Gasteiger partial charge >= 0.3 is 0 Å². The van der Waals surface area contributed by atoms with E-state index < -0.39 is 6.10 Å². The Hall–Kier alpha value is -1.35. The second kappa shape index (κ2) is 7.01. The Morgan fingerprint density at radius 3 is 2.69 bits per heavy atom. The first kappa shape index (κ1) is 12.7. The third-order valence-corrected chi connectivity index (χ3v) is 2.31. The van der Waals surface area contributed by atoms with Gasteiger partial charge in [0.1, 0.15) is 0 Å². The number of hydrogen-bond acceptors (Lipinski definition) is 2. The van der Waals surface area contributed by atoms with Gasteiger partial charge in [0.25, 0.3) is 0 Å². The van der Waals surface area contributed by atoms with Crippen molar-refractivity contribution >= 4 is 5.91 Å². The van der Waals surface area contributed by atoms with Gasteiger partial charge in [-0.1, -0.05) is 30.3 Å². The van der Waals surface area contributed by atoms with Crippen molar-refractivity contribution in [3.05, 3.63) is 35.9 Å². The maximum atomic E-state index is 11.3. The minimum atomic E-state index is -0.474. The highest BCUT2D eigenvalue weighted by atomic mass is 16.3. The van der Waals surface area contributed by atoms with Crippen LogP contribution >= 0.6 is 0 Å². The molecule has 0 aliphatic heterocycles. The van der Waals surface area contributed by atoms with E-state index in [0.29, 0.717) is 13.0 Å². The lowest BCUT2D eigenvalue weighted by atomic mass is 10.1. The topological polar surface area (TPSA) is 49.3 Å². The zero-order chi connectivity index (χ0) is 11.8. The van der Waals surface area contributed by atoms with Crippen molar-refractivity contribution in [2.45, 2.75) is 32.3 Å². The van der Waals surface area contributed by atoms with Gasteiger partial charge in [0, 0.05) is 13.0 Å². The molecule has 1 rings (SSSR count). The number of hydrogen-bond donors (Lipinski definition) is 2. The largest absolute Gasteiger partial charge is 0.392 e. The summed E-state index contributed by atoms with van der Waals surface area (Å²) < 4.78 is 0. The zero-order valence-corrected chi connectivity index (χ0v) is 9.65. The minimum Gasteiger partial charge on any atom is -0.392 e.